The molecule has 0 saturated heterocycles. The van der Waals surface area contributed by atoms with E-state index in [9.17, 15) is 4.79 Å². The highest BCUT2D eigenvalue weighted by molar-refractivity contribution is 7.98. The normalized spacial score (nSPS) is 17.0. The van der Waals surface area contributed by atoms with Crippen molar-refractivity contribution in [2.75, 3.05) is 6.26 Å². The van der Waals surface area contributed by atoms with Crippen LogP contribution in [0.25, 0.3) is 15.9 Å². The summed E-state index contributed by atoms with van der Waals surface area (Å²) in [5, 5.41) is 1.51. The summed E-state index contributed by atoms with van der Waals surface area (Å²) in [4.78, 5) is 20.3. The van der Waals surface area contributed by atoms with E-state index < -0.39 is 0 Å². The van der Waals surface area contributed by atoms with Crippen molar-refractivity contribution >= 4 is 33.3 Å². The minimum atomic E-state index is 0.0341. The van der Waals surface area contributed by atoms with E-state index in [2.05, 4.69) is 13.8 Å². The van der Waals surface area contributed by atoms with E-state index in [4.69, 9.17) is 9.72 Å². The zero-order valence-electron chi connectivity index (χ0n) is 15.4. The summed E-state index contributed by atoms with van der Waals surface area (Å²) in [6.07, 6.45) is 2.91. The van der Waals surface area contributed by atoms with Crippen LogP contribution in [0.5, 0.6) is 0 Å². The Hall–Kier alpha value is -1.63. The molecule has 3 aromatic rings. The number of ether oxygens (including phenoxy) is 1. The third-order valence-electron chi connectivity index (χ3n) is 4.90. The Morgan fingerprint density at radius 1 is 1.38 bits per heavy atom. The summed E-state index contributed by atoms with van der Waals surface area (Å²) in [5.74, 6) is 0.426. The Kier molecular flexibility index (Phi) is 4.67. The molecule has 0 fully saturated rings. The summed E-state index contributed by atoms with van der Waals surface area (Å²) in [7, 11) is 0. The van der Waals surface area contributed by atoms with E-state index in [1.54, 1.807) is 15.9 Å². The van der Waals surface area contributed by atoms with Crippen molar-refractivity contribution < 1.29 is 4.74 Å². The molecule has 2 aromatic heterocycles. The minimum absolute atomic E-state index is 0.0341. The summed E-state index contributed by atoms with van der Waals surface area (Å²) < 4.78 is 7.75. The van der Waals surface area contributed by atoms with Crippen LogP contribution in [0.4, 0.5) is 0 Å². The molecule has 0 bridgehead atoms. The van der Waals surface area contributed by atoms with Gasteiger partial charge in [-0.05, 0) is 42.4 Å². The number of hydrogen-bond donors (Lipinski definition) is 0. The van der Waals surface area contributed by atoms with Crippen LogP contribution in [0, 0.1) is 12.8 Å². The van der Waals surface area contributed by atoms with Gasteiger partial charge in [0.1, 0.15) is 4.83 Å². The lowest BCUT2D eigenvalue weighted by molar-refractivity contribution is 0.00200. The average Bonchev–Trinajstić information content (AvgIpc) is 2.99. The molecule has 0 saturated carbocycles. The Morgan fingerprint density at radius 3 is 2.88 bits per heavy atom. The van der Waals surface area contributed by atoms with Gasteiger partial charge in [0.15, 0.2) is 5.16 Å². The molecule has 1 aromatic carbocycles. The van der Waals surface area contributed by atoms with Crippen molar-refractivity contribution in [3.63, 3.8) is 0 Å². The van der Waals surface area contributed by atoms with Gasteiger partial charge in [0.05, 0.1) is 23.8 Å². The van der Waals surface area contributed by atoms with Crippen LogP contribution < -0.4 is 5.56 Å². The molecule has 4 rings (SSSR count). The number of fused-ring (bicyclic) bond motifs is 3. The first-order valence-electron chi connectivity index (χ1n) is 8.79. The van der Waals surface area contributed by atoms with Gasteiger partial charge in [-0.1, -0.05) is 37.7 Å². The molecular formula is C20H22N2O2S2. The molecule has 0 spiro atoms. The first-order chi connectivity index (χ1) is 12.5. The lowest BCUT2D eigenvalue weighted by Crippen LogP contribution is -2.28. The molecule has 3 heterocycles. The number of aryl methyl sites for hydroxylation is 1. The number of thiophene rings is 1. The Bertz CT molecular complexity index is 1040. The quantitative estimate of drug-likeness (QED) is 0.488. The van der Waals surface area contributed by atoms with Gasteiger partial charge in [-0.3, -0.25) is 9.36 Å². The van der Waals surface area contributed by atoms with Crippen LogP contribution in [0.3, 0.4) is 0 Å². The van der Waals surface area contributed by atoms with Crippen molar-refractivity contribution in [3.8, 4) is 5.69 Å². The molecule has 0 unspecified atom stereocenters. The van der Waals surface area contributed by atoms with Gasteiger partial charge in [-0.2, -0.15) is 0 Å². The molecule has 0 amide bonds. The SMILES string of the molecule is CSc1nc2sc3c(c2c(=O)n1-c1cccc(C)c1)C[C@H](C(C)C)OC3. The van der Waals surface area contributed by atoms with Crippen molar-refractivity contribution in [2.45, 2.75) is 45.1 Å². The van der Waals surface area contributed by atoms with Crippen molar-refractivity contribution in [1.82, 2.24) is 9.55 Å². The van der Waals surface area contributed by atoms with E-state index in [1.807, 2.05) is 37.4 Å². The summed E-state index contributed by atoms with van der Waals surface area (Å²) in [6, 6.07) is 8.03. The molecule has 6 heteroatoms. The molecule has 1 aliphatic rings. The summed E-state index contributed by atoms with van der Waals surface area (Å²) >= 11 is 3.11. The summed E-state index contributed by atoms with van der Waals surface area (Å²) in [6.45, 7) is 6.95. The van der Waals surface area contributed by atoms with Crippen LogP contribution in [-0.2, 0) is 17.8 Å². The van der Waals surface area contributed by atoms with Crippen LogP contribution in [0.15, 0.2) is 34.2 Å². The highest BCUT2D eigenvalue weighted by Crippen LogP contribution is 2.36. The van der Waals surface area contributed by atoms with Crippen molar-refractivity contribution in [3.05, 3.63) is 50.6 Å². The monoisotopic (exact) mass is 386 g/mol. The van der Waals surface area contributed by atoms with Gasteiger partial charge < -0.3 is 4.74 Å². The van der Waals surface area contributed by atoms with E-state index >= 15 is 0 Å². The van der Waals surface area contributed by atoms with Crippen molar-refractivity contribution in [2.24, 2.45) is 5.92 Å². The average molecular weight is 387 g/mol. The molecule has 136 valence electrons. The topological polar surface area (TPSA) is 44.1 Å². The minimum Gasteiger partial charge on any atom is -0.372 e. The first kappa shape index (κ1) is 17.8. The third kappa shape index (κ3) is 2.90. The van der Waals surface area contributed by atoms with Crippen LogP contribution in [0.2, 0.25) is 0 Å². The van der Waals surface area contributed by atoms with Crippen LogP contribution >= 0.6 is 23.1 Å². The van der Waals surface area contributed by atoms with Gasteiger partial charge in [0.2, 0.25) is 0 Å². The zero-order valence-corrected chi connectivity index (χ0v) is 17.0. The van der Waals surface area contributed by atoms with Crippen molar-refractivity contribution in [1.29, 1.82) is 0 Å². The zero-order chi connectivity index (χ0) is 18.4. The molecule has 4 nitrogen and oxygen atoms in total. The van der Waals surface area contributed by atoms with E-state index in [-0.39, 0.29) is 11.7 Å². The number of nitrogens with zero attached hydrogens (tertiary/aromatic N) is 2. The number of aromatic nitrogens is 2. The molecule has 26 heavy (non-hydrogen) atoms. The first-order valence-corrected chi connectivity index (χ1v) is 10.8. The van der Waals surface area contributed by atoms with Gasteiger partial charge in [-0.25, -0.2) is 4.98 Å². The molecule has 1 atom stereocenters. The smallest absolute Gasteiger partial charge is 0.267 e. The molecule has 0 aliphatic carbocycles. The number of benzene rings is 1. The number of thioether (sulfide) groups is 1. The molecular weight excluding hydrogens is 364 g/mol. The fraction of sp³-hybridized carbons (Fsp3) is 0.400. The third-order valence-corrected chi connectivity index (χ3v) is 6.64. The van der Waals surface area contributed by atoms with E-state index in [0.29, 0.717) is 12.5 Å². The maximum absolute atomic E-state index is 13.5. The predicted molar refractivity (Wildman–Crippen MR) is 109 cm³/mol. The molecule has 1 aliphatic heterocycles. The maximum Gasteiger partial charge on any atom is 0.267 e. The fourth-order valence-electron chi connectivity index (χ4n) is 3.47. The number of hydrogen-bond acceptors (Lipinski definition) is 5. The lowest BCUT2D eigenvalue weighted by atomic mass is 9.96. The van der Waals surface area contributed by atoms with E-state index in [0.717, 1.165) is 43.5 Å². The highest BCUT2D eigenvalue weighted by atomic mass is 32.2. The van der Waals surface area contributed by atoms with E-state index in [1.165, 1.54) is 11.8 Å². The maximum atomic E-state index is 13.5. The standard InChI is InChI=1S/C20H22N2O2S2/c1-11(2)15-9-14-16(10-24-15)26-18-17(14)19(23)22(20(21-18)25-4)13-7-5-6-12(3)8-13/h5-8,11,15H,9-10H2,1-4H3/t15-/m1/s1. The second-order valence-electron chi connectivity index (χ2n) is 7.06. The Labute approximate surface area is 161 Å². The van der Waals surface area contributed by atoms with Crippen LogP contribution in [-0.4, -0.2) is 21.9 Å². The van der Waals surface area contributed by atoms with Gasteiger partial charge in [0.25, 0.3) is 5.56 Å². The second kappa shape index (κ2) is 6.83. The Morgan fingerprint density at radius 2 is 2.19 bits per heavy atom. The number of rotatable bonds is 3. The fourth-order valence-corrected chi connectivity index (χ4v) is 5.19. The second-order valence-corrected chi connectivity index (χ2v) is 8.92. The Balaban J connectivity index is 1.98. The van der Waals surface area contributed by atoms with Crippen LogP contribution in [0.1, 0.15) is 29.9 Å². The lowest BCUT2D eigenvalue weighted by Gasteiger charge is -2.26. The highest BCUT2D eigenvalue weighted by Gasteiger charge is 2.28. The molecule has 0 N–H and O–H groups in total. The summed E-state index contributed by atoms with van der Waals surface area (Å²) in [5.41, 5.74) is 3.18. The van der Waals surface area contributed by atoms with Gasteiger partial charge >= 0.3 is 0 Å². The van der Waals surface area contributed by atoms with Gasteiger partial charge in [-0.15, -0.1) is 11.3 Å². The van der Waals surface area contributed by atoms with Gasteiger partial charge in [0, 0.05) is 11.3 Å². The molecule has 0 radical (unpaired) electrons. The largest absolute Gasteiger partial charge is 0.372 e. The predicted octanol–water partition coefficient (Wildman–Crippen LogP) is 4.57.